The van der Waals surface area contributed by atoms with Crippen molar-refractivity contribution in [3.63, 3.8) is 0 Å². The van der Waals surface area contributed by atoms with Crippen LogP contribution in [-0.2, 0) is 0 Å². The summed E-state index contributed by atoms with van der Waals surface area (Å²) in [5.41, 5.74) is 1.34. The van der Waals surface area contributed by atoms with Crippen molar-refractivity contribution in [1.29, 1.82) is 0 Å². The lowest BCUT2D eigenvalue weighted by Gasteiger charge is -2.22. The van der Waals surface area contributed by atoms with Gasteiger partial charge >= 0.3 is 0 Å². The van der Waals surface area contributed by atoms with E-state index >= 15 is 0 Å². The van der Waals surface area contributed by atoms with E-state index in [1.807, 2.05) is 12.1 Å². The van der Waals surface area contributed by atoms with Gasteiger partial charge in [-0.05, 0) is 37.5 Å². The predicted octanol–water partition coefficient (Wildman–Crippen LogP) is 4.57. The van der Waals surface area contributed by atoms with E-state index in [2.05, 4.69) is 38.2 Å². The molecule has 0 saturated heterocycles. The first-order chi connectivity index (χ1) is 7.67. The zero-order chi connectivity index (χ0) is 12.0. The summed E-state index contributed by atoms with van der Waals surface area (Å²) in [5, 5.41) is 4.47. The van der Waals surface area contributed by atoms with Gasteiger partial charge in [-0.15, -0.1) is 0 Å². The second-order valence-corrected chi connectivity index (χ2v) is 4.81. The van der Waals surface area contributed by atoms with Crippen LogP contribution in [0.15, 0.2) is 24.3 Å². The Morgan fingerprint density at radius 1 is 1.19 bits per heavy atom. The third kappa shape index (κ3) is 4.15. The topological polar surface area (TPSA) is 12.0 Å². The summed E-state index contributed by atoms with van der Waals surface area (Å²) in [6, 6.07) is 9.20. The van der Waals surface area contributed by atoms with E-state index in [1.54, 1.807) is 0 Å². The summed E-state index contributed by atoms with van der Waals surface area (Å²) < 4.78 is 0. The molecule has 1 nitrogen and oxygen atoms in total. The van der Waals surface area contributed by atoms with E-state index in [-0.39, 0.29) is 0 Å². The van der Waals surface area contributed by atoms with E-state index in [0.717, 1.165) is 11.4 Å². The molecule has 0 aliphatic rings. The van der Waals surface area contributed by atoms with Crippen LogP contribution in [0.25, 0.3) is 0 Å². The Labute approximate surface area is 104 Å². The second-order valence-electron chi connectivity index (χ2n) is 4.37. The van der Waals surface area contributed by atoms with Crippen LogP contribution < -0.4 is 5.32 Å². The Hall–Kier alpha value is -0.530. The molecule has 0 saturated carbocycles. The molecular weight excluding hydrogens is 218 g/mol. The van der Waals surface area contributed by atoms with Gasteiger partial charge in [0.15, 0.2) is 0 Å². The van der Waals surface area contributed by atoms with Crippen LogP contribution in [0.2, 0.25) is 5.02 Å². The molecule has 1 rings (SSSR count). The molecule has 1 aromatic carbocycles. The normalized spacial score (nSPS) is 14.8. The van der Waals surface area contributed by atoms with Gasteiger partial charge in [-0.25, -0.2) is 0 Å². The van der Waals surface area contributed by atoms with Gasteiger partial charge in [0.1, 0.15) is 0 Å². The Morgan fingerprint density at radius 3 is 2.31 bits per heavy atom. The van der Waals surface area contributed by atoms with Crippen LogP contribution in [0.4, 0.5) is 0 Å². The summed E-state index contributed by atoms with van der Waals surface area (Å²) in [6.07, 6.45) is 3.52. The fourth-order valence-corrected chi connectivity index (χ4v) is 1.92. The van der Waals surface area contributed by atoms with E-state index in [1.165, 1.54) is 18.4 Å². The molecule has 0 bridgehead atoms. The third-order valence-electron chi connectivity index (χ3n) is 2.95. The van der Waals surface area contributed by atoms with Crippen molar-refractivity contribution in [3.05, 3.63) is 34.9 Å². The Bertz CT molecular complexity index is 294. The summed E-state index contributed by atoms with van der Waals surface area (Å²) in [7, 11) is 0. The van der Waals surface area contributed by atoms with Crippen molar-refractivity contribution < 1.29 is 0 Å². The number of hydrogen-bond acceptors (Lipinski definition) is 1. The first kappa shape index (κ1) is 13.5. The highest BCUT2D eigenvalue weighted by Gasteiger charge is 2.12. The summed E-state index contributed by atoms with van der Waals surface area (Å²) in [5.74, 6) is 0. The Morgan fingerprint density at radius 2 is 1.81 bits per heavy atom. The maximum Gasteiger partial charge on any atom is 0.0406 e. The third-order valence-corrected chi connectivity index (χ3v) is 3.20. The van der Waals surface area contributed by atoms with E-state index in [4.69, 9.17) is 11.6 Å². The number of halogens is 1. The maximum absolute atomic E-state index is 5.91. The van der Waals surface area contributed by atoms with Crippen molar-refractivity contribution in [1.82, 2.24) is 5.32 Å². The van der Waals surface area contributed by atoms with Crippen LogP contribution in [0.5, 0.6) is 0 Å². The zero-order valence-electron chi connectivity index (χ0n) is 10.5. The molecule has 0 aliphatic heterocycles. The first-order valence-corrected chi connectivity index (χ1v) is 6.56. The van der Waals surface area contributed by atoms with Crippen LogP contribution >= 0.6 is 11.6 Å². The first-order valence-electron chi connectivity index (χ1n) is 6.18. The van der Waals surface area contributed by atoms with Crippen molar-refractivity contribution in [2.75, 3.05) is 0 Å². The average Bonchev–Trinajstić information content (AvgIpc) is 2.29. The van der Waals surface area contributed by atoms with Crippen molar-refractivity contribution in [3.8, 4) is 0 Å². The molecule has 0 aliphatic carbocycles. The molecule has 1 aromatic rings. The quantitative estimate of drug-likeness (QED) is 0.767. The highest BCUT2D eigenvalue weighted by molar-refractivity contribution is 6.30. The fraction of sp³-hybridized carbons (Fsp3) is 0.571. The minimum Gasteiger partial charge on any atom is -0.307 e. The number of nitrogens with one attached hydrogen (secondary N) is 1. The van der Waals surface area contributed by atoms with Crippen molar-refractivity contribution in [2.45, 2.75) is 52.1 Å². The second kappa shape index (κ2) is 6.93. The monoisotopic (exact) mass is 239 g/mol. The van der Waals surface area contributed by atoms with Gasteiger partial charge in [-0.1, -0.05) is 44.0 Å². The molecule has 2 heteroatoms. The molecule has 0 radical (unpaired) electrons. The summed E-state index contributed by atoms with van der Waals surface area (Å²) in [4.78, 5) is 0. The van der Waals surface area contributed by atoms with Gasteiger partial charge in [-0.3, -0.25) is 0 Å². The Balaban J connectivity index is 2.72. The van der Waals surface area contributed by atoms with E-state index in [0.29, 0.717) is 12.1 Å². The summed E-state index contributed by atoms with van der Waals surface area (Å²) in [6.45, 7) is 6.67. The van der Waals surface area contributed by atoms with Gasteiger partial charge in [-0.2, -0.15) is 0 Å². The Kier molecular flexibility index (Phi) is 5.86. The van der Waals surface area contributed by atoms with Crippen LogP contribution in [0.3, 0.4) is 0 Å². The SMILES string of the molecule is CCCC(NC(C)CC)c1ccc(Cl)cc1. The minimum absolute atomic E-state index is 0.456. The van der Waals surface area contributed by atoms with E-state index in [9.17, 15) is 0 Å². The standard InChI is InChI=1S/C14H22ClN/c1-4-6-14(16-11(3)5-2)12-7-9-13(15)10-8-12/h7-11,14,16H,4-6H2,1-3H3. The minimum atomic E-state index is 0.456. The van der Waals surface area contributed by atoms with Gasteiger partial charge < -0.3 is 5.32 Å². The molecule has 90 valence electrons. The van der Waals surface area contributed by atoms with Crippen LogP contribution in [0, 0.1) is 0 Å². The van der Waals surface area contributed by atoms with Gasteiger partial charge in [0.25, 0.3) is 0 Å². The molecule has 2 unspecified atom stereocenters. The molecular formula is C14H22ClN. The number of hydrogen-bond donors (Lipinski definition) is 1. The van der Waals surface area contributed by atoms with Crippen molar-refractivity contribution in [2.24, 2.45) is 0 Å². The molecule has 2 atom stereocenters. The lowest BCUT2D eigenvalue weighted by molar-refractivity contribution is 0.423. The van der Waals surface area contributed by atoms with Gasteiger partial charge in [0, 0.05) is 17.1 Å². The molecule has 0 heterocycles. The van der Waals surface area contributed by atoms with Gasteiger partial charge in [0.2, 0.25) is 0 Å². The molecule has 1 N–H and O–H groups in total. The maximum atomic E-state index is 5.91. The van der Waals surface area contributed by atoms with E-state index < -0.39 is 0 Å². The van der Waals surface area contributed by atoms with Gasteiger partial charge in [0.05, 0.1) is 0 Å². The summed E-state index contributed by atoms with van der Waals surface area (Å²) >= 11 is 5.91. The smallest absolute Gasteiger partial charge is 0.0406 e. The highest BCUT2D eigenvalue weighted by atomic mass is 35.5. The zero-order valence-corrected chi connectivity index (χ0v) is 11.2. The lowest BCUT2D eigenvalue weighted by atomic mass is 10.0. The largest absolute Gasteiger partial charge is 0.307 e. The number of benzene rings is 1. The molecule has 0 fully saturated rings. The average molecular weight is 240 g/mol. The number of rotatable bonds is 6. The van der Waals surface area contributed by atoms with Crippen molar-refractivity contribution >= 4 is 11.6 Å². The predicted molar refractivity (Wildman–Crippen MR) is 72.0 cm³/mol. The molecule has 16 heavy (non-hydrogen) atoms. The van der Waals surface area contributed by atoms with Crippen LogP contribution in [0.1, 0.15) is 51.6 Å². The van der Waals surface area contributed by atoms with Crippen LogP contribution in [-0.4, -0.2) is 6.04 Å². The lowest BCUT2D eigenvalue weighted by Crippen LogP contribution is -2.29. The molecule has 0 spiro atoms. The fourth-order valence-electron chi connectivity index (χ4n) is 1.79. The molecule has 0 amide bonds. The highest BCUT2D eigenvalue weighted by Crippen LogP contribution is 2.21. The molecule has 0 aromatic heterocycles.